The first kappa shape index (κ1) is 15.3. The highest BCUT2D eigenvalue weighted by molar-refractivity contribution is 9.10. The molecule has 1 saturated heterocycles. The average molecular weight is 341 g/mol. The summed E-state index contributed by atoms with van der Waals surface area (Å²) in [6, 6.07) is 3.76. The molecule has 3 N–H and O–H groups in total. The number of carbonyl (C=O) groups is 1. The molecule has 1 heterocycles. The van der Waals surface area contributed by atoms with Crippen LogP contribution in [0, 0.1) is 6.92 Å². The van der Waals surface area contributed by atoms with Gasteiger partial charge in [0.1, 0.15) is 0 Å². The third-order valence-electron chi connectivity index (χ3n) is 3.64. The number of anilines is 2. The molecule has 1 amide bonds. The van der Waals surface area contributed by atoms with Crippen molar-refractivity contribution in [2.75, 3.05) is 11.1 Å². The number of nitrogen functional groups attached to an aromatic ring is 1. The Balaban J connectivity index is 1.88. The number of rotatable bonds is 4. The van der Waals surface area contributed by atoms with Crippen molar-refractivity contribution < 1.29 is 9.53 Å². The minimum absolute atomic E-state index is 0.0163. The number of benzene rings is 1. The highest BCUT2D eigenvalue weighted by Gasteiger charge is 2.22. The van der Waals surface area contributed by atoms with Crippen LogP contribution in [0.1, 0.15) is 38.2 Å². The lowest BCUT2D eigenvalue weighted by Crippen LogP contribution is -2.17. The standard InChI is InChI=1S/C15H21BrN2O2/c1-9-7-11(16)8-13(15(9)17)18-14(19)6-5-12-4-3-10(2)20-12/h7-8,10,12H,3-6,17H2,1-2H3,(H,18,19). The van der Waals surface area contributed by atoms with Gasteiger partial charge in [-0.05, 0) is 50.8 Å². The Morgan fingerprint density at radius 2 is 2.25 bits per heavy atom. The fourth-order valence-corrected chi connectivity index (χ4v) is 3.03. The molecule has 1 fully saturated rings. The Kier molecular flexibility index (Phi) is 5.05. The summed E-state index contributed by atoms with van der Waals surface area (Å²) in [5.74, 6) is -0.0163. The minimum Gasteiger partial charge on any atom is -0.397 e. The first-order valence-corrected chi connectivity index (χ1v) is 7.76. The number of nitrogens with one attached hydrogen (secondary N) is 1. The Labute approximate surface area is 128 Å². The van der Waals surface area contributed by atoms with Crippen LogP contribution in [-0.4, -0.2) is 18.1 Å². The van der Waals surface area contributed by atoms with Gasteiger partial charge in [0.05, 0.1) is 23.6 Å². The number of amides is 1. The van der Waals surface area contributed by atoms with E-state index >= 15 is 0 Å². The molecule has 110 valence electrons. The zero-order valence-electron chi connectivity index (χ0n) is 11.9. The van der Waals surface area contributed by atoms with Crippen molar-refractivity contribution >= 4 is 33.2 Å². The van der Waals surface area contributed by atoms with E-state index in [1.165, 1.54) is 0 Å². The van der Waals surface area contributed by atoms with Gasteiger partial charge in [0.25, 0.3) is 0 Å². The van der Waals surface area contributed by atoms with Gasteiger partial charge in [-0.2, -0.15) is 0 Å². The molecule has 20 heavy (non-hydrogen) atoms. The summed E-state index contributed by atoms with van der Waals surface area (Å²) < 4.78 is 6.62. The lowest BCUT2D eigenvalue weighted by Gasteiger charge is -2.13. The van der Waals surface area contributed by atoms with E-state index in [0.717, 1.165) is 29.3 Å². The molecular weight excluding hydrogens is 320 g/mol. The summed E-state index contributed by atoms with van der Waals surface area (Å²) in [6.45, 7) is 3.99. The molecule has 4 nitrogen and oxygen atoms in total. The molecule has 0 aliphatic carbocycles. The minimum atomic E-state index is -0.0163. The van der Waals surface area contributed by atoms with E-state index in [1.807, 2.05) is 19.1 Å². The molecular formula is C15H21BrN2O2. The molecule has 0 aromatic heterocycles. The second-order valence-corrected chi connectivity index (χ2v) is 6.33. The van der Waals surface area contributed by atoms with Crippen LogP contribution in [0.25, 0.3) is 0 Å². The molecule has 2 unspecified atom stereocenters. The van der Waals surface area contributed by atoms with Crippen molar-refractivity contribution in [2.24, 2.45) is 0 Å². The Morgan fingerprint density at radius 3 is 2.90 bits per heavy atom. The van der Waals surface area contributed by atoms with Crippen LogP contribution in [0.15, 0.2) is 16.6 Å². The average Bonchev–Trinajstić information content (AvgIpc) is 2.79. The number of hydrogen-bond donors (Lipinski definition) is 2. The molecule has 0 bridgehead atoms. The summed E-state index contributed by atoms with van der Waals surface area (Å²) in [5.41, 5.74) is 8.21. The summed E-state index contributed by atoms with van der Waals surface area (Å²) in [5, 5.41) is 2.88. The van der Waals surface area contributed by atoms with E-state index in [2.05, 4.69) is 28.2 Å². The van der Waals surface area contributed by atoms with Gasteiger partial charge in [-0.3, -0.25) is 4.79 Å². The van der Waals surface area contributed by atoms with Gasteiger partial charge in [0.2, 0.25) is 5.91 Å². The number of ether oxygens (including phenoxy) is 1. The zero-order valence-corrected chi connectivity index (χ0v) is 13.5. The molecule has 1 aromatic rings. The first-order valence-electron chi connectivity index (χ1n) is 6.96. The highest BCUT2D eigenvalue weighted by atomic mass is 79.9. The zero-order chi connectivity index (χ0) is 14.7. The van der Waals surface area contributed by atoms with Gasteiger partial charge in [-0.25, -0.2) is 0 Å². The Hall–Kier alpha value is -1.07. The van der Waals surface area contributed by atoms with E-state index in [4.69, 9.17) is 10.5 Å². The molecule has 0 radical (unpaired) electrons. The maximum absolute atomic E-state index is 12.0. The second-order valence-electron chi connectivity index (χ2n) is 5.42. The predicted molar refractivity (Wildman–Crippen MR) is 84.7 cm³/mol. The quantitative estimate of drug-likeness (QED) is 0.822. The lowest BCUT2D eigenvalue weighted by atomic mass is 10.1. The van der Waals surface area contributed by atoms with Gasteiger partial charge in [0.15, 0.2) is 0 Å². The van der Waals surface area contributed by atoms with Crippen molar-refractivity contribution in [1.82, 2.24) is 0 Å². The highest BCUT2D eigenvalue weighted by Crippen LogP contribution is 2.28. The molecule has 1 aliphatic heterocycles. The molecule has 2 rings (SSSR count). The fraction of sp³-hybridized carbons (Fsp3) is 0.533. The molecule has 1 aliphatic rings. The maximum atomic E-state index is 12.0. The van der Waals surface area contributed by atoms with Crippen LogP contribution in [0.3, 0.4) is 0 Å². The van der Waals surface area contributed by atoms with Crippen LogP contribution in [0.2, 0.25) is 0 Å². The number of halogens is 1. The number of nitrogens with two attached hydrogens (primary N) is 1. The molecule has 2 atom stereocenters. The monoisotopic (exact) mass is 340 g/mol. The van der Waals surface area contributed by atoms with Crippen LogP contribution in [0.4, 0.5) is 11.4 Å². The topological polar surface area (TPSA) is 64.3 Å². The lowest BCUT2D eigenvalue weighted by molar-refractivity contribution is -0.116. The second kappa shape index (κ2) is 6.59. The van der Waals surface area contributed by atoms with Crippen LogP contribution in [-0.2, 0) is 9.53 Å². The summed E-state index contributed by atoms with van der Waals surface area (Å²) >= 11 is 3.41. The van der Waals surface area contributed by atoms with Crippen molar-refractivity contribution in [2.45, 2.75) is 51.7 Å². The van der Waals surface area contributed by atoms with Crippen LogP contribution < -0.4 is 11.1 Å². The van der Waals surface area contributed by atoms with Crippen LogP contribution in [0.5, 0.6) is 0 Å². The number of aryl methyl sites for hydroxylation is 1. The van der Waals surface area contributed by atoms with Gasteiger partial charge in [-0.1, -0.05) is 15.9 Å². The number of carbonyl (C=O) groups excluding carboxylic acids is 1. The molecule has 5 heteroatoms. The van der Waals surface area contributed by atoms with Gasteiger partial charge < -0.3 is 15.8 Å². The third-order valence-corrected chi connectivity index (χ3v) is 4.10. The van der Waals surface area contributed by atoms with E-state index < -0.39 is 0 Å². The summed E-state index contributed by atoms with van der Waals surface area (Å²) in [7, 11) is 0. The third kappa shape index (κ3) is 3.96. The van der Waals surface area contributed by atoms with Gasteiger partial charge in [-0.15, -0.1) is 0 Å². The Bertz CT molecular complexity index is 505. The molecule has 0 spiro atoms. The SMILES string of the molecule is Cc1cc(Br)cc(NC(=O)CCC2CCC(C)O2)c1N. The van der Waals surface area contributed by atoms with Crippen LogP contribution >= 0.6 is 15.9 Å². The summed E-state index contributed by atoms with van der Waals surface area (Å²) in [4.78, 5) is 12.0. The largest absolute Gasteiger partial charge is 0.397 e. The van der Waals surface area contributed by atoms with Crippen molar-refractivity contribution in [3.8, 4) is 0 Å². The maximum Gasteiger partial charge on any atom is 0.224 e. The summed E-state index contributed by atoms with van der Waals surface area (Å²) in [6.07, 6.45) is 3.91. The van der Waals surface area contributed by atoms with Crippen molar-refractivity contribution in [1.29, 1.82) is 0 Å². The molecule has 0 saturated carbocycles. The number of hydrogen-bond acceptors (Lipinski definition) is 3. The van der Waals surface area contributed by atoms with Crippen molar-refractivity contribution in [3.05, 3.63) is 22.2 Å². The fourth-order valence-electron chi connectivity index (χ4n) is 2.46. The van der Waals surface area contributed by atoms with E-state index in [1.54, 1.807) is 0 Å². The predicted octanol–water partition coefficient (Wildman–Crippen LogP) is 3.63. The van der Waals surface area contributed by atoms with Gasteiger partial charge >= 0.3 is 0 Å². The van der Waals surface area contributed by atoms with Gasteiger partial charge in [0, 0.05) is 10.9 Å². The normalized spacial score (nSPS) is 21.9. The van der Waals surface area contributed by atoms with E-state index in [9.17, 15) is 4.79 Å². The van der Waals surface area contributed by atoms with E-state index in [0.29, 0.717) is 23.9 Å². The smallest absolute Gasteiger partial charge is 0.224 e. The Morgan fingerprint density at radius 1 is 1.50 bits per heavy atom. The molecule has 1 aromatic carbocycles. The van der Waals surface area contributed by atoms with Crippen molar-refractivity contribution in [3.63, 3.8) is 0 Å². The van der Waals surface area contributed by atoms with E-state index in [-0.39, 0.29) is 12.0 Å². The first-order chi connectivity index (χ1) is 9.45.